The van der Waals surface area contributed by atoms with Gasteiger partial charge in [-0.2, -0.15) is 0 Å². The zero-order valence-corrected chi connectivity index (χ0v) is 16.1. The lowest BCUT2D eigenvalue weighted by atomic mass is 9.93. The van der Waals surface area contributed by atoms with E-state index in [9.17, 15) is 18.0 Å². The van der Waals surface area contributed by atoms with Gasteiger partial charge in [-0.3, -0.25) is 9.59 Å². The fourth-order valence-electron chi connectivity index (χ4n) is 3.84. The number of likely N-dealkylation sites (tertiary alicyclic amines) is 1. The SMILES string of the molecule is Cc1ccccc1C(=O)N1CCC(C(=O)N[C@]2(C)CCS(=O)(=O)C2)CC1. The van der Waals surface area contributed by atoms with Crippen molar-refractivity contribution in [3.05, 3.63) is 35.4 Å². The molecule has 2 saturated heterocycles. The van der Waals surface area contributed by atoms with E-state index in [1.807, 2.05) is 31.2 Å². The number of piperidine rings is 1. The molecule has 26 heavy (non-hydrogen) atoms. The lowest BCUT2D eigenvalue weighted by molar-refractivity contribution is -0.127. The van der Waals surface area contributed by atoms with Gasteiger partial charge in [0.1, 0.15) is 0 Å². The molecule has 0 unspecified atom stereocenters. The van der Waals surface area contributed by atoms with Crippen molar-refractivity contribution in [3.63, 3.8) is 0 Å². The van der Waals surface area contributed by atoms with E-state index in [0.29, 0.717) is 37.9 Å². The van der Waals surface area contributed by atoms with Crippen LogP contribution < -0.4 is 5.32 Å². The van der Waals surface area contributed by atoms with Gasteiger partial charge in [0.05, 0.1) is 17.0 Å². The van der Waals surface area contributed by atoms with Gasteiger partial charge < -0.3 is 10.2 Å². The molecule has 0 radical (unpaired) electrons. The van der Waals surface area contributed by atoms with Crippen LogP contribution in [0.1, 0.15) is 42.1 Å². The van der Waals surface area contributed by atoms with Gasteiger partial charge in [0.25, 0.3) is 5.91 Å². The van der Waals surface area contributed by atoms with Gasteiger partial charge in [-0.1, -0.05) is 18.2 Å². The Bertz CT molecular complexity index is 813. The van der Waals surface area contributed by atoms with Crippen molar-refractivity contribution in [2.45, 2.75) is 38.6 Å². The van der Waals surface area contributed by atoms with E-state index in [2.05, 4.69) is 5.32 Å². The highest BCUT2D eigenvalue weighted by Gasteiger charge is 2.41. The molecule has 0 bridgehead atoms. The number of sulfone groups is 1. The predicted octanol–water partition coefficient (Wildman–Crippen LogP) is 1.54. The van der Waals surface area contributed by atoms with Crippen LogP contribution in [0.2, 0.25) is 0 Å². The van der Waals surface area contributed by atoms with Crippen LogP contribution in [0.3, 0.4) is 0 Å². The average Bonchev–Trinajstić information content (AvgIpc) is 2.87. The zero-order chi connectivity index (χ0) is 18.9. The zero-order valence-electron chi connectivity index (χ0n) is 15.3. The molecule has 0 aromatic heterocycles. The number of hydrogen-bond acceptors (Lipinski definition) is 4. The Morgan fingerprint density at radius 1 is 1.19 bits per heavy atom. The van der Waals surface area contributed by atoms with Gasteiger partial charge >= 0.3 is 0 Å². The molecular weight excluding hydrogens is 352 g/mol. The normalized spacial score (nSPS) is 25.8. The summed E-state index contributed by atoms with van der Waals surface area (Å²) in [5.74, 6) is -0.108. The maximum absolute atomic E-state index is 12.7. The highest BCUT2D eigenvalue weighted by atomic mass is 32.2. The van der Waals surface area contributed by atoms with Gasteiger partial charge in [0.2, 0.25) is 5.91 Å². The Labute approximate surface area is 154 Å². The smallest absolute Gasteiger partial charge is 0.254 e. The third kappa shape index (κ3) is 4.09. The van der Waals surface area contributed by atoms with E-state index in [1.54, 1.807) is 11.8 Å². The Balaban J connectivity index is 1.56. The molecule has 2 aliphatic rings. The van der Waals surface area contributed by atoms with Crippen LogP contribution in [0.15, 0.2) is 24.3 Å². The summed E-state index contributed by atoms with van der Waals surface area (Å²) in [5.41, 5.74) is 0.996. The highest BCUT2D eigenvalue weighted by Crippen LogP contribution is 2.25. The predicted molar refractivity (Wildman–Crippen MR) is 99.6 cm³/mol. The topological polar surface area (TPSA) is 83.6 Å². The standard InChI is InChI=1S/C19H26N2O4S/c1-14-5-3-4-6-16(14)18(23)21-10-7-15(8-11-21)17(22)20-19(2)9-12-26(24,25)13-19/h3-6,15H,7-13H2,1-2H3,(H,20,22)/t19-/m1/s1. The number of amides is 2. The molecule has 2 amide bonds. The Hall–Kier alpha value is -1.89. The molecule has 142 valence electrons. The molecule has 6 nitrogen and oxygen atoms in total. The number of rotatable bonds is 3. The van der Waals surface area contributed by atoms with Gasteiger partial charge in [0, 0.05) is 24.6 Å². The summed E-state index contributed by atoms with van der Waals surface area (Å²) >= 11 is 0. The molecule has 1 N–H and O–H groups in total. The Morgan fingerprint density at radius 3 is 2.42 bits per heavy atom. The summed E-state index contributed by atoms with van der Waals surface area (Å²) in [6.45, 7) is 4.80. The lowest BCUT2D eigenvalue weighted by Gasteiger charge is -2.34. The molecular formula is C19H26N2O4S. The molecule has 2 aliphatic heterocycles. The van der Waals surface area contributed by atoms with Crippen molar-refractivity contribution in [1.82, 2.24) is 10.2 Å². The second kappa shape index (κ2) is 7.02. The lowest BCUT2D eigenvalue weighted by Crippen LogP contribution is -2.51. The van der Waals surface area contributed by atoms with E-state index >= 15 is 0 Å². The second-order valence-electron chi connectivity index (χ2n) is 7.77. The molecule has 1 aromatic rings. The third-order valence-electron chi connectivity index (χ3n) is 5.46. The van der Waals surface area contributed by atoms with Crippen molar-refractivity contribution < 1.29 is 18.0 Å². The first-order valence-corrected chi connectivity index (χ1v) is 10.9. The Morgan fingerprint density at radius 2 is 1.85 bits per heavy atom. The van der Waals surface area contributed by atoms with Crippen LogP contribution in [0.5, 0.6) is 0 Å². The summed E-state index contributed by atoms with van der Waals surface area (Å²) < 4.78 is 23.4. The van der Waals surface area contributed by atoms with E-state index < -0.39 is 15.4 Å². The number of aryl methyl sites for hydroxylation is 1. The molecule has 2 heterocycles. The van der Waals surface area contributed by atoms with Gasteiger partial charge in [-0.15, -0.1) is 0 Å². The molecule has 7 heteroatoms. The number of carbonyl (C=O) groups excluding carboxylic acids is 2. The number of benzene rings is 1. The molecule has 1 atom stereocenters. The summed E-state index contributed by atoms with van der Waals surface area (Å²) in [7, 11) is -3.05. The van der Waals surface area contributed by atoms with Crippen LogP contribution in [-0.4, -0.2) is 55.3 Å². The summed E-state index contributed by atoms with van der Waals surface area (Å²) in [4.78, 5) is 27.0. The van der Waals surface area contributed by atoms with E-state index in [1.165, 1.54) is 0 Å². The maximum atomic E-state index is 12.7. The number of hydrogen-bond donors (Lipinski definition) is 1. The summed E-state index contributed by atoms with van der Waals surface area (Å²) in [6, 6.07) is 7.52. The molecule has 1 aromatic carbocycles. The minimum atomic E-state index is -3.05. The number of nitrogens with one attached hydrogen (secondary N) is 1. The quantitative estimate of drug-likeness (QED) is 0.865. The first-order chi connectivity index (χ1) is 12.2. The van der Waals surface area contributed by atoms with Crippen LogP contribution in [0, 0.1) is 12.8 Å². The van der Waals surface area contributed by atoms with Crippen molar-refractivity contribution in [3.8, 4) is 0 Å². The molecule has 3 rings (SSSR count). The maximum Gasteiger partial charge on any atom is 0.254 e. The summed E-state index contributed by atoms with van der Waals surface area (Å²) in [5, 5.41) is 2.94. The average molecular weight is 378 g/mol. The van der Waals surface area contributed by atoms with Gasteiger partial charge in [0.15, 0.2) is 9.84 Å². The monoisotopic (exact) mass is 378 g/mol. The van der Waals surface area contributed by atoms with E-state index in [4.69, 9.17) is 0 Å². The van der Waals surface area contributed by atoms with Gasteiger partial charge in [-0.25, -0.2) is 8.42 Å². The fraction of sp³-hybridized carbons (Fsp3) is 0.579. The van der Waals surface area contributed by atoms with Crippen molar-refractivity contribution in [2.75, 3.05) is 24.6 Å². The molecule has 2 fully saturated rings. The molecule has 0 aliphatic carbocycles. The third-order valence-corrected chi connectivity index (χ3v) is 7.36. The second-order valence-corrected chi connectivity index (χ2v) is 9.96. The fourth-order valence-corrected chi connectivity index (χ4v) is 5.93. The van der Waals surface area contributed by atoms with Crippen LogP contribution in [0.25, 0.3) is 0 Å². The largest absolute Gasteiger partial charge is 0.350 e. The van der Waals surface area contributed by atoms with Crippen molar-refractivity contribution in [2.24, 2.45) is 5.92 Å². The molecule has 0 spiro atoms. The van der Waals surface area contributed by atoms with Crippen LogP contribution in [-0.2, 0) is 14.6 Å². The summed E-state index contributed by atoms with van der Waals surface area (Å²) in [6.07, 6.45) is 1.67. The van der Waals surface area contributed by atoms with Crippen molar-refractivity contribution in [1.29, 1.82) is 0 Å². The Kier molecular flexibility index (Phi) is 5.10. The number of carbonyl (C=O) groups is 2. The van der Waals surface area contributed by atoms with Gasteiger partial charge in [-0.05, 0) is 44.7 Å². The van der Waals surface area contributed by atoms with Crippen molar-refractivity contribution >= 4 is 21.7 Å². The number of nitrogens with zero attached hydrogens (tertiary/aromatic N) is 1. The van der Waals surface area contributed by atoms with Crippen LogP contribution >= 0.6 is 0 Å². The van der Waals surface area contributed by atoms with Crippen LogP contribution in [0.4, 0.5) is 0 Å². The first-order valence-electron chi connectivity index (χ1n) is 9.06. The van der Waals surface area contributed by atoms with E-state index in [0.717, 1.165) is 5.56 Å². The van der Waals surface area contributed by atoms with E-state index in [-0.39, 0.29) is 29.2 Å². The minimum absolute atomic E-state index is 0.0100. The highest BCUT2D eigenvalue weighted by molar-refractivity contribution is 7.91. The first kappa shape index (κ1) is 18.9. The molecule has 0 saturated carbocycles. The minimum Gasteiger partial charge on any atom is -0.350 e.